The van der Waals surface area contributed by atoms with Gasteiger partial charge in [0.25, 0.3) is 0 Å². The summed E-state index contributed by atoms with van der Waals surface area (Å²) < 4.78 is 0. The number of nitrogens with zero attached hydrogens (tertiary/aromatic N) is 1. The molecule has 0 heterocycles. The molecule has 110 valence electrons. The molecule has 0 aromatic heterocycles. The second-order valence-corrected chi connectivity index (χ2v) is 6.32. The van der Waals surface area contributed by atoms with Gasteiger partial charge in [-0.3, -0.25) is 9.59 Å². The zero-order valence-corrected chi connectivity index (χ0v) is 12.8. The summed E-state index contributed by atoms with van der Waals surface area (Å²) in [5.41, 5.74) is 1.51. The highest BCUT2D eigenvalue weighted by atomic mass is 16.4. The van der Waals surface area contributed by atoms with Gasteiger partial charge in [-0.2, -0.15) is 0 Å². The summed E-state index contributed by atoms with van der Waals surface area (Å²) in [6, 6.07) is 7.85. The van der Waals surface area contributed by atoms with E-state index < -0.39 is 17.3 Å². The Morgan fingerprint density at radius 1 is 1.30 bits per heavy atom. The Hall–Kier alpha value is -1.84. The monoisotopic (exact) mass is 277 g/mol. The predicted molar refractivity (Wildman–Crippen MR) is 78.2 cm³/mol. The molecule has 1 atom stereocenters. The average molecular weight is 277 g/mol. The number of carboxylic acid groups (broad SMARTS) is 1. The minimum Gasteiger partial charge on any atom is -0.481 e. The van der Waals surface area contributed by atoms with Crippen molar-refractivity contribution in [3.8, 4) is 0 Å². The van der Waals surface area contributed by atoms with E-state index in [0.717, 1.165) is 11.1 Å². The summed E-state index contributed by atoms with van der Waals surface area (Å²) in [5.74, 6) is -2.46. The van der Waals surface area contributed by atoms with E-state index in [-0.39, 0.29) is 5.91 Å². The minimum atomic E-state index is -1.07. The number of hydrogen-bond acceptors (Lipinski definition) is 2. The van der Waals surface area contributed by atoms with E-state index in [9.17, 15) is 14.7 Å². The molecule has 4 heteroatoms. The fourth-order valence-electron chi connectivity index (χ4n) is 2.23. The highest BCUT2D eigenvalue weighted by molar-refractivity contribution is 5.97. The Kier molecular flexibility index (Phi) is 4.93. The van der Waals surface area contributed by atoms with Gasteiger partial charge in [-0.05, 0) is 17.9 Å². The number of amides is 1. The van der Waals surface area contributed by atoms with Crippen LogP contribution in [-0.4, -0.2) is 28.9 Å². The molecule has 1 amide bonds. The van der Waals surface area contributed by atoms with Crippen LogP contribution in [0.2, 0.25) is 0 Å². The molecule has 0 bridgehead atoms. The maximum Gasteiger partial charge on any atom is 0.316 e. The molecule has 1 N–H and O–H groups in total. The third-order valence-corrected chi connectivity index (χ3v) is 3.24. The van der Waals surface area contributed by atoms with Crippen molar-refractivity contribution in [1.29, 1.82) is 0 Å². The maximum atomic E-state index is 12.4. The van der Waals surface area contributed by atoms with Crippen LogP contribution in [0.25, 0.3) is 0 Å². The lowest BCUT2D eigenvalue weighted by Gasteiger charge is -2.30. The molecule has 1 rings (SSSR count). The summed E-state index contributed by atoms with van der Waals surface area (Å²) in [6.07, 6.45) is 0. The van der Waals surface area contributed by atoms with Crippen LogP contribution < -0.4 is 0 Å². The fraction of sp³-hybridized carbons (Fsp3) is 0.500. The number of aryl methyl sites for hydroxylation is 1. The Morgan fingerprint density at radius 2 is 1.90 bits per heavy atom. The van der Waals surface area contributed by atoms with E-state index >= 15 is 0 Å². The van der Waals surface area contributed by atoms with Crippen molar-refractivity contribution in [3.05, 3.63) is 35.4 Å². The van der Waals surface area contributed by atoms with Crippen LogP contribution in [0, 0.1) is 18.3 Å². The molecule has 1 aromatic carbocycles. The molecule has 0 radical (unpaired) electrons. The first kappa shape index (κ1) is 16.2. The lowest BCUT2D eigenvalue weighted by atomic mass is 9.80. The zero-order valence-electron chi connectivity index (χ0n) is 12.8. The highest BCUT2D eigenvalue weighted by Gasteiger charge is 2.39. The van der Waals surface area contributed by atoms with Crippen LogP contribution in [-0.2, 0) is 16.1 Å². The van der Waals surface area contributed by atoms with E-state index in [1.807, 2.05) is 31.2 Å². The van der Waals surface area contributed by atoms with Crippen LogP contribution in [0.1, 0.15) is 31.9 Å². The Bertz CT molecular complexity index is 503. The van der Waals surface area contributed by atoms with Crippen LogP contribution in [0.4, 0.5) is 0 Å². The first-order valence-corrected chi connectivity index (χ1v) is 6.66. The van der Waals surface area contributed by atoms with Gasteiger partial charge in [-0.1, -0.05) is 50.6 Å². The number of rotatable bonds is 4. The molecule has 0 aliphatic carbocycles. The average Bonchev–Trinajstić information content (AvgIpc) is 2.26. The lowest BCUT2D eigenvalue weighted by Crippen LogP contribution is -2.43. The van der Waals surface area contributed by atoms with Gasteiger partial charge < -0.3 is 10.0 Å². The van der Waals surface area contributed by atoms with Gasteiger partial charge in [0.15, 0.2) is 0 Å². The number of carbonyl (C=O) groups excluding carboxylic acids is 1. The molecule has 0 saturated heterocycles. The van der Waals surface area contributed by atoms with Gasteiger partial charge in [-0.15, -0.1) is 0 Å². The normalized spacial score (nSPS) is 12.8. The summed E-state index contributed by atoms with van der Waals surface area (Å²) >= 11 is 0. The number of aliphatic carboxylic acids is 1. The van der Waals surface area contributed by atoms with Crippen LogP contribution in [0.3, 0.4) is 0 Å². The second kappa shape index (κ2) is 6.07. The van der Waals surface area contributed by atoms with E-state index in [0.29, 0.717) is 6.54 Å². The number of hydrogen-bond donors (Lipinski definition) is 1. The SMILES string of the molecule is Cc1cccc(CN(C)C(=O)C(C(=O)O)C(C)(C)C)c1. The van der Waals surface area contributed by atoms with Crippen molar-refractivity contribution < 1.29 is 14.7 Å². The summed E-state index contributed by atoms with van der Waals surface area (Å²) in [6.45, 7) is 7.71. The summed E-state index contributed by atoms with van der Waals surface area (Å²) in [5, 5.41) is 9.29. The van der Waals surface area contributed by atoms with Gasteiger partial charge in [-0.25, -0.2) is 0 Å². The highest BCUT2D eigenvalue weighted by Crippen LogP contribution is 2.28. The van der Waals surface area contributed by atoms with Crippen molar-refractivity contribution >= 4 is 11.9 Å². The second-order valence-electron chi connectivity index (χ2n) is 6.32. The molecule has 0 spiro atoms. The zero-order chi connectivity index (χ0) is 15.5. The predicted octanol–water partition coefficient (Wildman–Crippen LogP) is 2.70. The van der Waals surface area contributed by atoms with Crippen LogP contribution >= 0.6 is 0 Å². The molecule has 0 aliphatic rings. The van der Waals surface area contributed by atoms with E-state index in [2.05, 4.69) is 0 Å². The molecule has 4 nitrogen and oxygen atoms in total. The van der Waals surface area contributed by atoms with Crippen molar-refractivity contribution in [2.24, 2.45) is 11.3 Å². The molecular weight excluding hydrogens is 254 g/mol. The van der Waals surface area contributed by atoms with Gasteiger partial charge in [0.1, 0.15) is 5.92 Å². The molecule has 1 unspecified atom stereocenters. The number of carboxylic acids is 1. The molecule has 0 aliphatic heterocycles. The Morgan fingerprint density at radius 3 is 2.35 bits per heavy atom. The third kappa shape index (κ3) is 4.08. The lowest BCUT2D eigenvalue weighted by molar-refractivity contribution is -0.155. The first-order valence-electron chi connectivity index (χ1n) is 6.66. The van der Waals surface area contributed by atoms with Gasteiger partial charge in [0, 0.05) is 13.6 Å². The summed E-state index contributed by atoms with van der Waals surface area (Å²) in [7, 11) is 1.65. The third-order valence-electron chi connectivity index (χ3n) is 3.24. The van der Waals surface area contributed by atoms with Crippen molar-refractivity contribution in [2.45, 2.75) is 34.2 Å². The Balaban J connectivity index is 2.88. The Labute approximate surface area is 120 Å². The van der Waals surface area contributed by atoms with Crippen molar-refractivity contribution in [3.63, 3.8) is 0 Å². The van der Waals surface area contributed by atoms with E-state index in [1.165, 1.54) is 4.90 Å². The van der Waals surface area contributed by atoms with E-state index in [4.69, 9.17) is 0 Å². The van der Waals surface area contributed by atoms with Gasteiger partial charge in [0.2, 0.25) is 5.91 Å². The molecule has 1 aromatic rings. The topological polar surface area (TPSA) is 57.6 Å². The number of benzene rings is 1. The molecule has 0 saturated carbocycles. The van der Waals surface area contributed by atoms with Crippen LogP contribution in [0.5, 0.6) is 0 Å². The number of carbonyl (C=O) groups is 2. The molecule has 0 fully saturated rings. The summed E-state index contributed by atoms with van der Waals surface area (Å²) in [4.78, 5) is 25.2. The smallest absolute Gasteiger partial charge is 0.316 e. The van der Waals surface area contributed by atoms with Crippen molar-refractivity contribution in [2.75, 3.05) is 7.05 Å². The molecular formula is C16H23NO3. The van der Waals surface area contributed by atoms with Crippen molar-refractivity contribution in [1.82, 2.24) is 4.90 Å². The van der Waals surface area contributed by atoms with Gasteiger partial charge in [0.05, 0.1) is 0 Å². The van der Waals surface area contributed by atoms with Gasteiger partial charge >= 0.3 is 5.97 Å². The van der Waals surface area contributed by atoms with Crippen LogP contribution in [0.15, 0.2) is 24.3 Å². The minimum absolute atomic E-state index is 0.355. The quantitative estimate of drug-likeness (QED) is 0.861. The first-order chi connectivity index (χ1) is 9.12. The standard InChI is InChI=1S/C16H23NO3/c1-11-7-6-8-12(9-11)10-17(5)14(18)13(15(19)20)16(2,3)4/h6-9,13H,10H2,1-5H3,(H,19,20). The largest absolute Gasteiger partial charge is 0.481 e. The maximum absolute atomic E-state index is 12.4. The fourth-order valence-corrected chi connectivity index (χ4v) is 2.23. The van der Waals surface area contributed by atoms with E-state index in [1.54, 1.807) is 27.8 Å². The molecule has 20 heavy (non-hydrogen) atoms.